The minimum atomic E-state index is 0. The maximum atomic E-state index is 4.02. The van der Waals surface area contributed by atoms with E-state index < -0.39 is 0 Å². The Labute approximate surface area is 108 Å². The van der Waals surface area contributed by atoms with Crippen LogP contribution in [0.25, 0.3) is 0 Å². The molecule has 2 heterocycles. The van der Waals surface area contributed by atoms with Crippen molar-refractivity contribution in [2.75, 3.05) is 18.8 Å². The Bertz CT molecular complexity index is 276. The van der Waals surface area contributed by atoms with Gasteiger partial charge in [0.05, 0.1) is 0 Å². The third-order valence-corrected chi connectivity index (χ3v) is 4.02. The summed E-state index contributed by atoms with van der Waals surface area (Å²) in [4.78, 5) is 4.02. The Morgan fingerprint density at radius 3 is 2.88 bits per heavy atom. The highest BCUT2D eigenvalue weighted by Gasteiger charge is 2.12. The highest BCUT2D eigenvalue weighted by molar-refractivity contribution is 7.98. The lowest BCUT2D eigenvalue weighted by atomic mass is 10.0. The molecule has 0 saturated carbocycles. The lowest BCUT2D eigenvalue weighted by Gasteiger charge is -2.22. The Balaban J connectivity index is 0.00000128. The van der Waals surface area contributed by atoms with Crippen LogP contribution in [-0.2, 0) is 5.75 Å². The molecule has 1 saturated heterocycles. The Kier molecular flexibility index (Phi) is 6.85. The summed E-state index contributed by atoms with van der Waals surface area (Å²) in [5, 5.41) is 3.46. The molecular formula is C12H19ClN2S. The quantitative estimate of drug-likeness (QED) is 0.899. The van der Waals surface area contributed by atoms with E-state index in [1.165, 1.54) is 37.2 Å². The number of piperidine rings is 1. The van der Waals surface area contributed by atoms with Gasteiger partial charge in [0.2, 0.25) is 0 Å². The topological polar surface area (TPSA) is 24.9 Å². The molecule has 2 rings (SSSR count). The van der Waals surface area contributed by atoms with Gasteiger partial charge in [-0.1, -0.05) is 0 Å². The lowest BCUT2D eigenvalue weighted by molar-refractivity contribution is 0.410. The standard InChI is InChI=1S/C12H18N2S.ClH/c1-2-12(8-14-5-1)10-15-9-11-3-6-13-7-4-11;/h3-4,6-7,12,14H,1-2,5,8-10H2;1H. The van der Waals surface area contributed by atoms with E-state index in [0.717, 1.165) is 11.7 Å². The first-order valence-electron chi connectivity index (χ1n) is 5.62. The molecule has 1 aromatic heterocycles. The first kappa shape index (κ1) is 13.8. The molecule has 1 aliphatic heterocycles. The van der Waals surface area contributed by atoms with Crippen LogP contribution in [0.2, 0.25) is 0 Å². The zero-order chi connectivity index (χ0) is 10.3. The van der Waals surface area contributed by atoms with Gasteiger partial charge >= 0.3 is 0 Å². The number of thioether (sulfide) groups is 1. The fourth-order valence-corrected chi connectivity index (χ4v) is 3.05. The number of rotatable bonds is 4. The molecule has 1 atom stereocenters. The van der Waals surface area contributed by atoms with Gasteiger partial charge < -0.3 is 5.32 Å². The fraction of sp³-hybridized carbons (Fsp3) is 0.583. The molecule has 0 amide bonds. The second-order valence-electron chi connectivity index (χ2n) is 4.08. The maximum Gasteiger partial charge on any atom is 0.0270 e. The summed E-state index contributed by atoms with van der Waals surface area (Å²) in [5.41, 5.74) is 1.39. The van der Waals surface area contributed by atoms with Crippen LogP contribution >= 0.6 is 24.2 Å². The Morgan fingerprint density at radius 2 is 2.19 bits per heavy atom. The monoisotopic (exact) mass is 258 g/mol. The van der Waals surface area contributed by atoms with Crippen molar-refractivity contribution in [2.24, 2.45) is 5.92 Å². The number of nitrogens with one attached hydrogen (secondary N) is 1. The average molecular weight is 259 g/mol. The SMILES string of the molecule is Cl.c1cc(CSCC2CCCNC2)ccn1. The molecule has 1 aromatic rings. The van der Waals surface area contributed by atoms with Gasteiger partial charge in [-0.25, -0.2) is 0 Å². The number of nitrogens with zero attached hydrogens (tertiary/aromatic N) is 1. The van der Waals surface area contributed by atoms with Crippen molar-refractivity contribution in [3.05, 3.63) is 30.1 Å². The number of aromatic nitrogens is 1. The highest BCUT2D eigenvalue weighted by atomic mass is 35.5. The van der Waals surface area contributed by atoms with Gasteiger partial charge in [0.25, 0.3) is 0 Å². The van der Waals surface area contributed by atoms with E-state index >= 15 is 0 Å². The number of hydrogen-bond donors (Lipinski definition) is 1. The summed E-state index contributed by atoms with van der Waals surface area (Å²) < 4.78 is 0. The zero-order valence-corrected chi connectivity index (χ0v) is 11.0. The van der Waals surface area contributed by atoms with Gasteiger partial charge in [0.15, 0.2) is 0 Å². The maximum absolute atomic E-state index is 4.02. The Hall–Kier alpha value is -0.250. The molecule has 0 bridgehead atoms. The molecule has 4 heteroatoms. The predicted octanol–water partition coefficient (Wildman–Crippen LogP) is 2.74. The van der Waals surface area contributed by atoms with Gasteiger partial charge in [0, 0.05) is 18.1 Å². The predicted molar refractivity (Wildman–Crippen MR) is 73.2 cm³/mol. The average Bonchev–Trinajstić information content (AvgIpc) is 2.32. The highest BCUT2D eigenvalue weighted by Crippen LogP contribution is 2.19. The van der Waals surface area contributed by atoms with E-state index in [9.17, 15) is 0 Å². The molecule has 2 nitrogen and oxygen atoms in total. The van der Waals surface area contributed by atoms with Gasteiger partial charge in [0.1, 0.15) is 0 Å². The van der Waals surface area contributed by atoms with E-state index in [1.54, 1.807) is 0 Å². The van der Waals surface area contributed by atoms with Crippen LogP contribution in [-0.4, -0.2) is 23.8 Å². The normalized spacial score (nSPS) is 20.1. The third kappa shape index (κ3) is 4.73. The van der Waals surface area contributed by atoms with Crippen LogP contribution in [0.4, 0.5) is 0 Å². The van der Waals surface area contributed by atoms with Crippen LogP contribution in [0.5, 0.6) is 0 Å². The van der Waals surface area contributed by atoms with Crippen LogP contribution in [0.3, 0.4) is 0 Å². The largest absolute Gasteiger partial charge is 0.316 e. The minimum Gasteiger partial charge on any atom is -0.316 e. The van der Waals surface area contributed by atoms with Crippen molar-refractivity contribution in [1.82, 2.24) is 10.3 Å². The van der Waals surface area contributed by atoms with Gasteiger partial charge in [-0.05, 0) is 55.3 Å². The second-order valence-corrected chi connectivity index (χ2v) is 5.11. The van der Waals surface area contributed by atoms with Crippen molar-refractivity contribution in [1.29, 1.82) is 0 Å². The zero-order valence-electron chi connectivity index (χ0n) is 9.39. The summed E-state index contributed by atoms with van der Waals surface area (Å²) >= 11 is 2.05. The molecule has 0 aliphatic carbocycles. The van der Waals surface area contributed by atoms with Crippen molar-refractivity contribution in [2.45, 2.75) is 18.6 Å². The van der Waals surface area contributed by atoms with Crippen LogP contribution in [0, 0.1) is 5.92 Å². The van der Waals surface area contributed by atoms with E-state index in [0.29, 0.717) is 0 Å². The number of hydrogen-bond acceptors (Lipinski definition) is 3. The minimum absolute atomic E-state index is 0. The summed E-state index contributed by atoms with van der Waals surface area (Å²) in [6, 6.07) is 4.21. The first-order chi connectivity index (χ1) is 7.45. The summed E-state index contributed by atoms with van der Waals surface area (Å²) in [6.45, 7) is 2.43. The van der Waals surface area contributed by atoms with E-state index in [-0.39, 0.29) is 12.4 Å². The van der Waals surface area contributed by atoms with E-state index in [2.05, 4.69) is 22.4 Å². The van der Waals surface area contributed by atoms with Crippen molar-refractivity contribution < 1.29 is 0 Å². The van der Waals surface area contributed by atoms with Crippen LogP contribution in [0.15, 0.2) is 24.5 Å². The molecule has 0 aromatic carbocycles. The van der Waals surface area contributed by atoms with Crippen molar-refractivity contribution >= 4 is 24.2 Å². The molecule has 0 spiro atoms. The lowest BCUT2D eigenvalue weighted by Crippen LogP contribution is -2.30. The smallest absolute Gasteiger partial charge is 0.0270 e. The summed E-state index contributed by atoms with van der Waals surface area (Å²) in [7, 11) is 0. The fourth-order valence-electron chi connectivity index (χ4n) is 1.89. The summed E-state index contributed by atoms with van der Waals surface area (Å²) in [5.74, 6) is 3.29. The number of halogens is 1. The van der Waals surface area contributed by atoms with E-state index in [1.807, 2.05) is 24.2 Å². The van der Waals surface area contributed by atoms with Gasteiger partial charge in [-0.2, -0.15) is 11.8 Å². The Morgan fingerprint density at radius 1 is 1.38 bits per heavy atom. The first-order valence-corrected chi connectivity index (χ1v) is 6.78. The molecule has 1 N–H and O–H groups in total. The molecule has 90 valence electrons. The molecule has 1 unspecified atom stereocenters. The third-order valence-electron chi connectivity index (χ3n) is 2.77. The number of pyridine rings is 1. The second kappa shape index (κ2) is 7.93. The molecule has 16 heavy (non-hydrogen) atoms. The van der Waals surface area contributed by atoms with Crippen molar-refractivity contribution in [3.8, 4) is 0 Å². The van der Waals surface area contributed by atoms with E-state index in [4.69, 9.17) is 0 Å². The van der Waals surface area contributed by atoms with Gasteiger partial charge in [-0.15, -0.1) is 12.4 Å². The van der Waals surface area contributed by atoms with Crippen molar-refractivity contribution in [3.63, 3.8) is 0 Å². The van der Waals surface area contributed by atoms with Crippen LogP contribution in [0.1, 0.15) is 18.4 Å². The van der Waals surface area contributed by atoms with Gasteiger partial charge in [-0.3, -0.25) is 4.98 Å². The molecule has 0 radical (unpaired) electrons. The van der Waals surface area contributed by atoms with Crippen LogP contribution < -0.4 is 5.32 Å². The molecular weight excluding hydrogens is 240 g/mol. The molecule has 1 aliphatic rings. The summed E-state index contributed by atoms with van der Waals surface area (Å²) in [6.07, 6.45) is 6.49. The molecule has 1 fully saturated rings.